The van der Waals surface area contributed by atoms with Gasteiger partial charge < -0.3 is 9.64 Å². The third-order valence-corrected chi connectivity index (χ3v) is 5.55. The van der Waals surface area contributed by atoms with Gasteiger partial charge >= 0.3 is 0 Å². The highest BCUT2D eigenvalue weighted by Gasteiger charge is 2.48. The van der Waals surface area contributed by atoms with Crippen molar-refractivity contribution in [2.45, 2.75) is 71.5 Å². The fourth-order valence-corrected chi connectivity index (χ4v) is 4.21. The zero-order valence-corrected chi connectivity index (χ0v) is 15.7. The summed E-state index contributed by atoms with van der Waals surface area (Å²) in [6.45, 7) is 12.4. The highest BCUT2D eigenvalue weighted by Crippen LogP contribution is 2.44. The minimum absolute atomic E-state index is 0.0492. The van der Waals surface area contributed by atoms with Gasteiger partial charge in [0, 0.05) is 24.7 Å². The summed E-state index contributed by atoms with van der Waals surface area (Å²) in [4.78, 5) is 14.8. The minimum atomic E-state index is -0.104. The highest BCUT2D eigenvalue weighted by molar-refractivity contribution is 5.92. The maximum absolute atomic E-state index is 12.8. The molecule has 3 rings (SSSR count). The van der Waals surface area contributed by atoms with E-state index in [1.165, 1.54) is 0 Å². The summed E-state index contributed by atoms with van der Waals surface area (Å²) in [5.74, 6) is 1.01. The second kappa shape index (κ2) is 6.17. The van der Waals surface area contributed by atoms with Gasteiger partial charge in [0.1, 0.15) is 5.69 Å². The summed E-state index contributed by atoms with van der Waals surface area (Å²) in [6, 6.07) is 1.91. The van der Waals surface area contributed by atoms with Crippen LogP contribution in [0.25, 0.3) is 0 Å². The van der Waals surface area contributed by atoms with Crippen LogP contribution in [0.5, 0.6) is 0 Å². The Balaban J connectivity index is 1.67. The van der Waals surface area contributed by atoms with Crippen LogP contribution >= 0.6 is 0 Å². The van der Waals surface area contributed by atoms with Gasteiger partial charge in [-0.05, 0) is 58.4 Å². The molecule has 1 amide bonds. The molecular formula is C19H31N3O2. The summed E-state index contributed by atoms with van der Waals surface area (Å²) in [6.07, 6.45) is 3.99. The first-order chi connectivity index (χ1) is 11.2. The van der Waals surface area contributed by atoms with Crippen molar-refractivity contribution in [3.05, 3.63) is 17.5 Å². The molecule has 0 aromatic carbocycles. The summed E-state index contributed by atoms with van der Waals surface area (Å²) in [7, 11) is 0. The molecule has 1 N–H and O–H groups in total. The van der Waals surface area contributed by atoms with Crippen LogP contribution in [0.1, 0.15) is 70.1 Å². The second-order valence-corrected chi connectivity index (χ2v) is 8.79. The van der Waals surface area contributed by atoms with Gasteiger partial charge in [-0.2, -0.15) is 5.10 Å². The van der Waals surface area contributed by atoms with E-state index >= 15 is 0 Å². The Bertz CT molecular complexity index is 608. The molecule has 0 unspecified atom stereocenters. The van der Waals surface area contributed by atoms with Gasteiger partial charge in [0.05, 0.1) is 11.2 Å². The smallest absolute Gasteiger partial charge is 0.274 e. The highest BCUT2D eigenvalue weighted by atomic mass is 16.5. The zero-order chi connectivity index (χ0) is 17.5. The third kappa shape index (κ3) is 3.51. The first kappa shape index (κ1) is 17.5. The first-order valence-corrected chi connectivity index (χ1v) is 9.22. The standard InChI is InChI=1S/C19H31N3O2/c1-13(2)10-15-11-16(21-20-15)17(23)22-9-8-19(5)14(12-22)6-7-18(3,4)24-19/h11,13-14H,6-10,12H2,1-5H3,(H,20,21)/t14-,19+/m0/s1. The van der Waals surface area contributed by atoms with Crippen molar-refractivity contribution in [1.82, 2.24) is 15.1 Å². The summed E-state index contributed by atoms with van der Waals surface area (Å²) in [5, 5.41) is 7.25. The van der Waals surface area contributed by atoms with Crippen LogP contribution in [0.3, 0.4) is 0 Å². The van der Waals surface area contributed by atoms with Crippen LogP contribution in [0.2, 0.25) is 0 Å². The van der Waals surface area contributed by atoms with Crippen molar-refractivity contribution in [3.63, 3.8) is 0 Å². The molecule has 0 aliphatic carbocycles. The molecule has 5 heteroatoms. The molecular weight excluding hydrogens is 302 g/mol. The number of ether oxygens (including phenoxy) is 1. The number of aromatic amines is 1. The molecule has 2 fully saturated rings. The lowest BCUT2D eigenvalue weighted by Crippen LogP contribution is -2.58. The average Bonchev–Trinajstić information content (AvgIpc) is 2.92. The number of nitrogens with zero attached hydrogens (tertiary/aromatic N) is 2. The van der Waals surface area contributed by atoms with E-state index in [0.29, 0.717) is 17.5 Å². The molecule has 0 saturated carbocycles. The molecule has 0 radical (unpaired) electrons. The van der Waals surface area contributed by atoms with Gasteiger partial charge in [0.2, 0.25) is 0 Å². The number of amides is 1. The number of H-pyrrole nitrogens is 1. The van der Waals surface area contributed by atoms with E-state index in [-0.39, 0.29) is 17.1 Å². The van der Waals surface area contributed by atoms with E-state index in [1.54, 1.807) is 0 Å². The normalized spacial score (nSPS) is 29.6. The molecule has 2 atom stereocenters. The molecule has 134 valence electrons. The summed E-state index contributed by atoms with van der Waals surface area (Å²) in [5.41, 5.74) is 1.43. The van der Waals surface area contributed by atoms with Crippen molar-refractivity contribution in [2.75, 3.05) is 13.1 Å². The minimum Gasteiger partial charge on any atom is -0.369 e. The van der Waals surface area contributed by atoms with Gasteiger partial charge in [-0.1, -0.05) is 13.8 Å². The molecule has 2 aliphatic heterocycles. The molecule has 2 aliphatic rings. The summed E-state index contributed by atoms with van der Waals surface area (Å²) < 4.78 is 6.39. The predicted octanol–water partition coefficient (Wildman–Crippen LogP) is 3.42. The largest absolute Gasteiger partial charge is 0.369 e. The Morgan fingerprint density at radius 2 is 2.17 bits per heavy atom. The molecule has 1 aromatic heterocycles. The maximum Gasteiger partial charge on any atom is 0.274 e. The van der Waals surface area contributed by atoms with Crippen LogP contribution < -0.4 is 0 Å². The van der Waals surface area contributed by atoms with Crippen molar-refractivity contribution in [2.24, 2.45) is 11.8 Å². The predicted molar refractivity (Wildman–Crippen MR) is 93.9 cm³/mol. The second-order valence-electron chi connectivity index (χ2n) is 8.79. The van der Waals surface area contributed by atoms with Gasteiger partial charge in [-0.15, -0.1) is 0 Å². The summed E-state index contributed by atoms with van der Waals surface area (Å²) >= 11 is 0. The molecule has 0 bridgehead atoms. The van der Waals surface area contributed by atoms with E-state index in [9.17, 15) is 4.79 Å². The Hall–Kier alpha value is -1.36. The third-order valence-electron chi connectivity index (χ3n) is 5.55. The lowest BCUT2D eigenvalue weighted by Gasteiger charge is -2.53. The Morgan fingerprint density at radius 3 is 2.88 bits per heavy atom. The Kier molecular flexibility index (Phi) is 4.49. The number of nitrogens with one attached hydrogen (secondary N) is 1. The molecule has 2 saturated heterocycles. The van der Waals surface area contributed by atoms with Gasteiger partial charge in [0.25, 0.3) is 5.91 Å². The van der Waals surface area contributed by atoms with Crippen molar-refractivity contribution >= 4 is 5.91 Å². The fourth-order valence-electron chi connectivity index (χ4n) is 4.21. The van der Waals surface area contributed by atoms with Crippen molar-refractivity contribution in [3.8, 4) is 0 Å². The number of piperidine rings is 1. The Morgan fingerprint density at radius 1 is 1.42 bits per heavy atom. The fraction of sp³-hybridized carbons (Fsp3) is 0.789. The number of likely N-dealkylation sites (tertiary alicyclic amines) is 1. The van der Waals surface area contributed by atoms with Gasteiger partial charge in [-0.25, -0.2) is 0 Å². The van der Waals surface area contributed by atoms with Crippen molar-refractivity contribution < 1.29 is 9.53 Å². The van der Waals surface area contributed by atoms with Crippen LogP contribution in [0.4, 0.5) is 0 Å². The zero-order valence-electron chi connectivity index (χ0n) is 15.7. The van der Waals surface area contributed by atoms with E-state index < -0.39 is 0 Å². The quantitative estimate of drug-likeness (QED) is 0.922. The van der Waals surface area contributed by atoms with Gasteiger partial charge in [-0.3, -0.25) is 9.89 Å². The molecule has 1 aromatic rings. The lowest BCUT2D eigenvalue weighted by molar-refractivity contribution is -0.210. The van der Waals surface area contributed by atoms with Crippen LogP contribution in [0.15, 0.2) is 6.07 Å². The molecule has 24 heavy (non-hydrogen) atoms. The number of rotatable bonds is 3. The SMILES string of the molecule is CC(C)Cc1cc(C(=O)N2CC[C@@]3(C)OC(C)(C)CC[C@H]3C2)n[nH]1. The van der Waals surface area contributed by atoms with Crippen LogP contribution in [-0.2, 0) is 11.2 Å². The number of aromatic nitrogens is 2. The van der Waals surface area contributed by atoms with E-state index in [1.807, 2.05) is 11.0 Å². The maximum atomic E-state index is 12.8. The number of hydrogen-bond donors (Lipinski definition) is 1. The van der Waals surface area contributed by atoms with Crippen molar-refractivity contribution in [1.29, 1.82) is 0 Å². The number of hydrogen-bond acceptors (Lipinski definition) is 3. The van der Waals surface area contributed by atoms with E-state index in [2.05, 4.69) is 44.8 Å². The molecule has 3 heterocycles. The molecule has 5 nitrogen and oxygen atoms in total. The Labute approximate surface area is 145 Å². The first-order valence-electron chi connectivity index (χ1n) is 9.22. The number of carbonyl (C=O) groups excluding carboxylic acids is 1. The number of fused-ring (bicyclic) bond motifs is 1. The molecule has 0 spiro atoms. The van der Waals surface area contributed by atoms with E-state index in [4.69, 9.17) is 4.74 Å². The van der Waals surface area contributed by atoms with Crippen LogP contribution in [-0.4, -0.2) is 45.3 Å². The topological polar surface area (TPSA) is 58.2 Å². The lowest BCUT2D eigenvalue weighted by atomic mass is 9.74. The monoisotopic (exact) mass is 333 g/mol. The van der Waals surface area contributed by atoms with E-state index in [0.717, 1.165) is 44.5 Å². The number of carbonyl (C=O) groups is 1. The van der Waals surface area contributed by atoms with Crippen LogP contribution in [0, 0.1) is 11.8 Å². The average molecular weight is 333 g/mol. The van der Waals surface area contributed by atoms with Gasteiger partial charge in [0.15, 0.2) is 0 Å².